The van der Waals surface area contributed by atoms with Crippen LogP contribution in [-0.4, -0.2) is 35.8 Å². The van der Waals surface area contributed by atoms with E-state index in [9.17, 15) is 0 Å². The summed E-state index contributed by atoms with van der Waals surface area (Å²) in [7, 11) is 0. The van der Waals surface area contributed by atoms with Crippen LogP contribution in [0.4, 0.5) is 0 Å². The lowest BCUT2D eigenvalue weighted by atomic mass is 9.85. The van der Waals surface area contributed by atoms with E-state index < -0.39 is 0 Å². The third-order valence-corrected chi connectivity index (χ3v) is 5.10. The molecule has 0 bridgehead atoms. The molecule has 0 aromatic carbocycles. The van der Waals surface area contributed by atoms with E-state index in [1.54, 1.807) is 0 Å². The standard InChI is InChI=1S/C15H25NOS/c1-3-5-13(4-2)16-14-6-9-17-15(12-14)7-10-18-11-8-15/h2,13-14,16H,3,5-12H2,1H3. The molecule has 2 fully saturated rings. The lowest BCUT2D eigenvalue weighted by Crippen LogP contribution is -2.50. The predicted octanol–water partition coefficient (Wildman–Crippen LogP) is 2.82. The molecule has 0 saturated carbocycles. The smallest absolute Gasteiger partial charge is 0.0713 e. The maximum absolute atomic E-state index is 6.11. The minimum absolute atomic E-state index is 0.159. The first-order chi connectivity index (χ1) is 8.78. The van der Waals surface area contributed by atoms with Crippen molar-refractivity contribution in [3.63, 3.8) is 0 Å². The predicted molar refractivity (Wildman–Crippen MR) is 78.9 cm³/mol. The minimum Gasteiger partial charge on any atom is -0.375 e. The average Bonchev–Trinajstić information content (AvgIpc) is 2.39. The normalized spacial score (nSPS) is 28.8. The van der Waals surface area contributed by atoms with Crippen molar-refractivity contribution in [2.45, 2.75) is 63.1 Å². The van der Waals surface area contributed by atoms with Crippen molar-refractivity contribution in [1.29, 1.82) is 0 Å². The molecule has 0 radical (unpaired) electrons. The average molecular weight is 267 g/mol. The van der Waals surface area contributed by atoms with Crippen LogP contribution in [0, 0.1) is 12.3 Å². The van der Waals surface area contributed by atoms with Crippen LogP contribution >= 0.6 is 11.8 Å². The van der Waals surface area contributed by atoms with Gasteiger partial charge in [0.05, 0.1) is 11.6 Å². The van der Waals surface area contributed by atoms with Crippen molar-refractivity contribution in [3.8, 4) is 12.3 Å². The Morgan fingerprint density at radius 1 is 1.50 bits per heavy atom. The summed E-state index contributed by atoms with van der Waals surface area (Å²) in [6.45, 7) is 3.08. The molecule has 2 heterocycles. The van der Waals surface area contributed by atoms with Gasteiger partial charge >= 0.3 is 0 Å². The highest BCUT2D eigenvalue weighted by Crippen LogP contribution is 2.37. The van der Waals surface area contributed by atoms with Gasteiger partial charge in [-0.1, -0.05) is 19.3 Å². The van der Waals surface area contributed by atoms with Gasteiger partial charge < -0.3 is 10.1 Å². The van der Waals surface area contributed by atoms with Crippen LogP contribution < -0.4 is 5.32 Å². The Bertz CT molecular complexity index is 288. The van der Waals surface area contributed by atoms with Crippen molar-refractivity contribution in [2.75, 3.05) is 18.1 Å². The maximum Gasteiger partial charge on any atom is 0.0713 e. The van der Waals surface area contributed by atoms with Gasteiger partial charge in [0, 0.05) is 12.6 Å². The monoisotopic (exact) mass is 267 g/mol. The van der Waals surface area contributed by atoms with Gasteiger partial charge in [-0.05, 0) is 43.6 Å². The Morgan fingerprint density at radius 2 is 2.28 bits per heavy atom. The quantitative estimate of drug-likeness (QED) is 0.792. The largest absolute Gasteiger partial charge is 0.375 e. The van der Waals surface area contributed by atoms with E-state index in [0.717, 1.165) is 32.3 Å². The zero-order valence-electron chi connectivity index (χ0n) is 11.4. The number of hydrogen-bond acceptors (Lipinski definition) is 3. The molecule has 1 N–H and O–H groups in total. The third kappa shape index (κ3) is 3.66. The highest BCUT2D eigenvalue weighted by Gasteiger charge is 2.38. The Labute approximate surface area is 116 Å². The molecule has 0 aliphatic carbocycles. The van der Waals surface area contributed by atoms with Crippen molar-refractivity contribution in [1.82, 2.24) is 5.32 Å². The summed E-state index contributed by atoms with van der Waals surface area (Å²) in [5.74, 6) is 5.39. The van der Waals surface area contributed by atoms with E-state index >= 15 is 0 Å². The van der Waals surface area contributed by atoms with Crippen molar-refractivity contribution in [2.24, 2.45) is 0 Å². The van der Waals surface area contributed by atoms with Crippen LogP contribution in [0.15, 0.2) is 0 Å². The van der Waals surface area contributed by atoms with E-state index in [4.69, 9.17) is 11.2 Å². The van der Waals surface area contributed by atoms with Gasteiger partial charge in [-0.2, -0.15) is 11.8 Å². The van der Waals surface area contributed by atoms with Crippen LogP contribution in [-0.2, 0) is 4.74 Å². The SMILES string of the molecule is C#CC(CCC)NC1CCOC2(CCSCC2)C1. The number of hydrogen-bond donors (Lipinski definition) is 1. The second kappa shape index (κ2) is 6.84. The summed E-state index contributed by atoms with van der Waals surface area (Å²) in [5, 5.41) is 3.66. The zero-order valence-corrected chi connectivity index (χ0v) is 12.2. The second-order valence-corrected chi connectivity index (χ2v) is 6.73. The second-order valence-electron chi connectivity index (χ2n) is 5.51. The topological polar surface area (TPSA) is 21.3 Å². The van der Waals surface area contributed by atoms with Crippen molar-refractivity contribution >= 4 is 11.8 Å². The number of terminal acetylenes is 1. The number of nitrogens with one attached hydrogen (secondary N) is 1. The van der Waals surface area contributed by atoms with E-state index in [-0.39, 0.29) is 11.6 Å². The van der Waals surface area contributed by atoms with Gasteiger partial charge in [0.15, 0.2) is 0 Å². The molecule has 2 saturated heterocycles. The fourth-order valence-electron chi connectivity index (χ4n) is 3.05. The Kier molecular flexibility index (Phi) is 5.41. The first-order valence-corrected chi connectivity index (χ1v) is 8.37. The lowest BCUT2D eigenvalue weighted by Gasteiger charge is -2.44. The molecule has 3 heteroatoms. The number of rotatable bonds is 4. The molecule has 2 unspecified atom stereocenters. The van der Waals surface area contributed by atoms with Gasteiger partial charge in [-0.15, -0.1) is 6.42 Å². The van der Waals surface area contributed by atoms with E-state index in [1.165, 1.54) is 24.3 Å². The van der Waals surface area contributed by atoms with Crippen LogP contribution in [0.2, 0.25) is 0 Å². The highest BCUT2D eigenvalue weighted by molar-refractivity contribution is 7.99. The Morgan fingerprint density at radius 3 is 2.94 bits per heavy atom. The fraction of sp³-hybridized carbons (Fsp3) is 0.867. The minimum atomic E-state index is 0.159. The summed E-state index contributed by atoms with van der Waals surface area (Å²) in [6, 6.07) is 0.794. The number of thioether (sulfide) groups is 1. The fourth-order valence-corrected chi connectivity index (χ4v) is 4.29. The third-order valence-electron chi connectivity index (χ3n) is 4.11. The Hall–Kier alpha value is -0.170. The van der Waals surface area contributed by atoms with E-state index in [0.29, 0.717) is 6.04 Å². The summed E-state index contributed by atoms with van der Waals surface area (Å²) >= 11 is 2.06. The molecule has 2 aliphatic rings. The van der Waals surface area contributed by atoms with Crippen molar-refractivity contribution in [3.05, 3.63) is 0 Å². The summed E-state index contributed by atoms with van der Waals surface area (Å²) < 4.78 is 6.11. The molecule has 2 atom stereocenters. The first kappa shape index (κ1) is 14.2. The molecule has 0 aromatic heterocycles. The van der Waals surface area contributed by atoms with Crippen LogP contribution in [0.25, 0.3) is 0 Å². The summed E-state index contributed by atoms with van der Waals surface area (Å²) in [4.78, 5) is 0. The van der Waals surface area contributed by atoms with Gasteiger partial charge in [-0.3, -0.25) is 0 Å². The van der Waals surface area contributed by atoms with Gasteiger partial charge in [0.1, 0.15) is 0 Å². The molecule has 2 nitrogen and oxygen atoms in total. The molecule has 2 rings (SSSR count). The van der Waals surface area contributed by atoms with Crippen molar-refractivity contribution < 1.29 is 4.74 Å². The molecule has 102 valence electrons. The first-order valence-electron chi connectivity index (χ1n) is 7.22. The molecule has 0 aromatic rings. The number of ether oxygens (including phenoxy) is 1. The van der Waals surface area contributed by atoms with Crippen LogP contribution in [0.5, 0.6) is 0 Å². The lowest BCUT2D eigenvalue weighted by molar-refractivity contribution is -0.0937. The Balaban J connectivity index is 1.88. The molecular weight excluding hydrogens is 242 g/mol. The summed E-state index contributed by atoms with van der Waals surface area (Å²) in [6.07, 6.45) is 12.5. The maximum atomic E-state index is 6.11. The van der Waals surface area contributed by atoms with Gasteiger partial charge in [0.2, 0.25) is 0 Å². The zero-order chi connectivity index (χ0) is 12.8. The molecular formula is C15H25NOS. The van der Waals surface area contributed by atoms with Crippen LogP contribution in [0.1, 0.15) is 45.4 Å². The van der Waals surface area contributed by atoms with E-state index in [2.05, 4.69) is 29.9 Å². The van der Waals surface area contributed by atoms with E-state index in [1.807, 2.05) is 0 Å². The van der Waals surface area contributed by atoms with Gasteiger partial charge in [0.25, 0.3) is 0 Å². The molecule has 0 amide bonds. The summed E-state index contributed by atoms with van der Waals surface area (Å²) in [5.41, 5.74) is 0.159. The molecule has 2 aliphatic heterocycles. The molecule has 1 spiro atoms. The van der Waals surface area contributed by atoms with Gasteiger partial charge in [-0.25, -0.2) is 0 Å². The molecule has 18 heavy (non-hydrogen) atoms. The highest BCUT2D eigenvalue weighted by atomic mass is 32.2. The van der Waals surface area contributed by atoms with Crippen LogP contribution in [0.3, 0.4) is 0 Å².